The quantitative estimate of drug-likeness (QED) is 0.467. The minimum Gasteiger partial charge on any atom is -0.461 e. The predicted octanol–water partition coefficient (Wildman–Crippen LogP) is 4.30. The molecule has 120 valence electrons. The number of rotatable bonds is 7. The van der Waals surface area contributed by atoms with Gasteiger partial charge in [0.05, 0.1) is 17.3 Å². The SMILES string of the molecule is CCOC(=O)/C(CCc1ccccc1)=N\Nc1ccccc1Cl. The number of anilines is 1. The van der Waals surface area contributed by atoms with E-state index >= 15 is 0 Å². The Bertz CT molecular complexity index is 672. The van der Waals surface area contributed by atoms with Gasteiger partial charge < -0.3 is 4.74 Å². The maximum atomic E-state index is 12.0. The van der Waals surface area contributed by atoms with E-state index in [1.54, 1.807) is 19.1 Å². The average Bonchev–Trinajstić information content (AvgIpc) is 2.57. The topological polar surface area (TPSA) is 50.7 Å². The molecule has 2 aromatic carbocycles. The van der Waals surface area contributed by atoms with E-state index in [9.17, 15) is 4.79 Å². The molecule has 0 bridgehead atoms. The van der Waals surface area contributed by atoms with Crippen LogP contribution >= 0.6 is 11.6 Å². The monoisotopic (exact) mass is 330 g/mol. The summed E-state index contributed by atoms with van der Waals surface area (Å²) in [6, 6.07) is 17.2. The van der Waals surface area contributed by atoms with Crippen molar-refractivity contribution in [2.24, 2.45) is 5.10 Å². The molecular formula is C18H19ClN2O2. The summed E-state index contributed by atoms with van der Waals surface area (Å²) in [6.07, 6.45) is 1.20. The van der Waals surface area contributed by atoms with Crippen LogP contribution < -0.4 is 5.43 Å². The van der Waals surface area contributed by atoms with Crippen molar-refractivity contribution in [1.82, 2.24) is 0 Å². The number of ether oxygens (including phenoxy) is 1. The lowest BCUT2D eigenvalue weighted by atomic mass is 10.1. The van der Waals surface area contributed by atoms with Crippen molar-refractivity contribution < 1.29 is 9.53 Å². The van der Waals surface area contributed by atoms with Crippen molar-refractivity contribution in [3.63, 3.8) is 0 Å². The highest BCUT2D eigenvalue weighted by molar-refractivity contribution is 6.36. The lowest BCUT2D eigenvalue weighted by Gasteiger charge is -2.08. The lowest BCUT2D eigenvalue weighted by Crippen LogP contribution is -2.20. The second-order valence-electron chi connectivity index (χ2n) is 4.86. The number of halogens is 1. The highest BCUT2D eigenvalue weighted by Crippen LogP contribution is 2.20. The summed E-state index contributed by atoms with van der Waals surface area (Å²) in [5, 5.41) is 4.74. The second kappa shape index (κ2) is 8.96. The number of hydrazone groups is 1. The molecule has 0 amide bonds. The van der Waals surface area contributed by atoms with E-state index in [2.05, 4.69) is 10.5 Å². The number of hydrogen-bond acceptors (Lipinski definition) is 4. The highest BCUT2D eigenvalue weighted by atomic mass is 35.5. The molecule has 0 atom stereocenters. The molecule has 0 saturated carbocycles. The van der Waals surface area contributed by atoms with Crippen LogP contribution in [0, 0.1) is 0 Å². The number of hydrogen-bond donors (Lipinski definition) is 1. The molecule has 0 aliphatic heterocycles. The molecule has 23 heavy (non-hydrogen) atoms. The van der Waals surface area contributed by atoms with Gasteiger partial charge in [-0.15, -0.1) is 0 Å². The zero-order chi connectivity index (χ0) is 16.5. The third-order valence-electron chi connectivity index (χ3n) is 3.19. The van der Waals surface area contributed by atoms with Crippen molar-refractivity contribution in [3.8, 4) is 0 Å². The van der Waals surface area contributed by atoms with Crippen molar-refractivity contribution in [3.05, 3.63) is 65.2 Å². The summed E-state index contributed by atoms with van der Waals surface area (Å²) < 4.78 is 5.07. The summed E-state index contributed by atoms with van der Waals surface area (Å²) in [5.74, 6) is -0.414. The van der Waals surface area contributed by atoms with Crippen molar-refractivity contribution in [2.75, 3.05) is 12.0 Å². The maximum absolute atomic E-state index is 12.0. The van der Waals surface area contributed by atoms with E-state index in [0.29, 0.717) is 35.9 Å². The molecule has 0 fully saturated rings. The number of nitrogens with one attached hydrogen (secondary N) is 1. The number of esters is 1. The Labute approximate surface area is 141 Å². The number of carbonyl (C=O) groups is 1. The second-order valence-corrected chi connectivity index (χ2v) is 5.26. The summed E-state index contributed by atoms with van der Waals surface area (Å²) in [4.78, 5) is 12.0. The zero-order valence-corrected chi connectivity index (χ0v) is 13.7. The molecule has 5 heteroatoms. The normalized spacial score (nSPS) is 11.1. The minimum atomic E-state index is -0.414. The van der Waals surface area contributed by atoms with E-state index in [0.717, 1.165) is 5.56 Å². The van der Waals surface area contributed by atoms with Crippen LogP contribution in [0.15, 0.2) is 59.7 Å². The Morgan fingerprint density at radius 1 is 1.13 bits per heavy atom. The Hall–Kier alpha value is -2.33. The van der Waals surface area contributed by atoms with Gasteiger partial charge >= 0.3 is 5.97 Å². The molecule has 0 aliphatic rings. The van der Waals surface area contributed by atoms with Gasteiger partial charge in [-0.05, 0) is 31.0 Å². The summed E-state index contributed by atoms with van der Waals surface area (Å²) in [6.45, 7) is 2.09. The van der Waals surface area contributed by atoms with Gasteiger partial charge in [0, 0.05) is 6.42 Å². The fraction of sp³-hybridized carbons (Fsp3) is 0.222. The summed E-state index contributed by atoms with van der Waals surface area (Å²) in [5.41, 5.74) is 4.98. The molecule has 0 aromatic heterocycles. The largest absolute Gasteiger partial charge is 0.461 e. The number of para-hydroxylation sites is 1. The highest BCUT2D eigenvalue weighted by Gasteiger charge is 2.13. The first-order valence-corrected chi connectivity index (χ1v) is 7.86. The van der Waals surface area contributed by atoms with Gasteiger partial charge in [0.2, 0.25) is 0 Å². The van der Waals surface area contributed by atoms with Crippen molar-refractivity contribution in [2.45, 2.75) is 19.8 Å². The van der Waals surface area contributed by atoms with Crippen LogP contribution in [-0.2, 0) is 16.0 Å². The molecule has 4 nitrogen and oxygen atoms in total. The third kappa shape index (κ3) is 5.42. The molecule has 0 unspecified atom stereocenters. The fourth-order valence-corrected chi connectivity index (χ4v) is 2.18. The first-order valence-electron chi connectivity index (χ1n) is 7.49. The minimum absolute atomic E-state index is 0.315. The molecule has 0 spiro atoms. The van der Waals surface area contributed by atoms with Gasteiger partial charge in [-0.1, -0.05) is 54.1 Å². The Balaban J connectivity index is 2.08. The number of carbonyl (C=O) groups excluding carboxylic acids is 1. The molecular weight excluding hydrogens is 312 g/mol. The zero-order valence-electron chi connectivity index (χ0n) is 13.0. The molecule has 2 rings (SSSR count). The van der Waals surface area contributed by atoms with E-state index in [1.165, 1.54) is 0 Å². The van der Waals surface area contributed by atoms with Crippen molar-refractivity contribution >= 4 is 29.0 Å². The van der Waals surface area contributed by atoms with Crippen LogP contribution in [0.5, 0.6) is 0 Å². The van der Waals surface area contributed by atoms with E-state index in [4.69, 9.17) is 16.3 Å². The molecule has 0 aliphatic carbocycles. The lowest BCUT2D eigenvalue weighted by molar-refractivity contribution is -0.135. The van der Waals surface area contributed by atoms with Gasteiger partial charge in [0.15, 0.2) is 0 Å². The molecule has 0 radical (unpaired) electrons. The van der Waals surface area contributed by atoms with Crippen LogP contribution in [0.25, 0.3) is 0 Å². The van der Waals surface area contributed by atoms with E-state index in [-0.39, 0.29) is 0 Å². The average molecular weight is 331 g/mol. The standard InChI is InChI=1S/C18H19ClN2O2/c1-2-23-18(22)17(13-12-14-8-4-3-5-9-14)21-20-16-11-7-6-10-15(16)19/h3-11,20H,2,12-13H2,1H3/b21-17-. The number of benzene rings is 2. The maximum Gasteiger partial charge on any atom is 0.354 e. The van der Waals surface area contributed by atoms with Gasteiger partial charge in [-0.2, -0.15) is 5.10 Å². The Morgan fingerprint density at radius 2 is 1.83 bits per heavy atom. The molecule has 1 N–H and O–H groups in total. The van der Waals surface area contributed by atoms with Gasteiger partial charge in [0.1, 0.15) is 5.71 Å². The molecule has 0 heterocycles. The van der Waals surface area contributed by atoms with Crippen LogP contribution in [0.3, 0.4) is 0 Å². The van der Waals surface area contributed by atoms with Gasteiger partial charge in [0.25, 0.3) is 0 Å². The third-order valence-corrected chi connectivity index (χ3v) is 3.52. The van der Waals surface area contributed by atoms with Gasteiger partial charge in [-0.25, -0.2) is 4.79 Å². The first kappa shape index (κ1) is 17.0. The molecule has 2 aromatic rings. The van der Waals surface area contributed by atoms with E-state index in [1.807, 2.05) is 42.5 Å². The fourth-order valence-electron chi connectivity index (χ4n) is 2.01. The molecule has 0 saturated heterocycles. The first-order chi connectivity index (χ1) is 11.2. The summed E-state index contributed by atoms with van der Waals surface area (Å²) in [7, 11) is 0. The smallest absolute Gasteiger partial charge is 0.354 e. The predicted molar refractivity (Wildman–Crippen MR) is 93.9 cm³/mol. The van der Waals surface area contributed by atoms with E-state index < -0.39 is 5.97 Å². The van der Waals surface area contributed by atoms with Gasteiger partial charge in [-0.3, -0.25) is 5.43 Å². The number of aryl methyl sites for hydroxylation is 1. The van der Waals surface area contributed by atoms with Crippen LogP contribution in [0.1, 0.15) is 18.9 Å². The van der Waals surface area contributed by atoms with Crippen LogP contribution in [0.2, 0.25) is 5.02 Å². The van der Waals surface area contributed by atoms with Crippen LogP contribution in [0.4, 0.5) is 5.69 Å². The Morgan fingerprint density at radius 3 is 2.52 bits per heavy atom. The van der Waals surface area contributed by atoms with Crippen LogP contribution in [-0.4, -0.2) is 18.3 Å². The summed E-state index contributed by atoms with van der Waals surface area (Å²) >= 11 is 6.07. The Kier molecular flexibility index (Phi) is 6.63. The van der Waals surface area contributed by atoms with Crippen molar-refractivity contribution in [1.29, 1.82) is 0 Å². The number of nitrogens with zero attached hydrogens (tertiary/aromatic N) is 1.